The summed E-state index contributed by atoms with van der Waals surface area (Å²) in [5.74, 6) is 0.247. The van der Waals surface area contributed by atoms with Gasteiger partial charge in [-0.15, -0.1) is 10.2 Å². The number of aryl methyl sites for hydroxylation is 5. The average Bonchev–Trinajstić information content (AvgIpc) is 2.66. The number of amides is 1. The first kappa shape index (κ1) is 20.1. The lowest BCUT2D eigenvalue weighted by Gasteiger charge is -2.10. The van der Waals surface area contributed by atoms with E-state index in [4.69, 9.17) is 0 Å². The third-order valence-electron chi connectivity index (χ3n) is 4.76. The SMILES string of the molecule is Cc1ccc(NC(=O)CSc2ccc(-c3cc(C)c(C)cc3C)nn2)c(C)c1. The Morgan fingerprint density at radius 3 is 2.29 bits per heavy atom. The minimum Gasteiger partial charge on any atom is -0.325 e. The largest absolute Gasteiger partial charge is 0.325 e. The van der Waals surface area contributed by atoms with Gasteiger partial charge in [-0.3, -0.25) is 4.79 Å². The number of carbonyl (C=O) groups is 1. The van der Waals surface area contributed by atoms with Crippen LogP contribution in [0.15, 0.2) is 47.5 Å². The van der Waals surface area contributed by atoms with E-state index in [0.29, 0.717) is 5.75 Å². The minimum atomic E-state index is -0.0483. The number of aromatic nitrogens is 2. The van der Waals surface area contributed by atoms with E-state index in [2.05, 4.69) is 54.5 Å². The zero-order valence-electron chi connectivity index (χ0n) is 17.0. The number of rotatable bonds is 5. The maximum absolute atomic E-state index is 12.2. The van der Waals surface area contributed by atoms with Crippen LogP contribution in [0.2, 0.25) is 0 Å². The molecule has 0 saturated heterocycles. The zero-order valence-corrected chi connectivity index (χ0v) is 17.8. The third-order valence-corrected chi connectivity index (χ3v) is 5.68. The highest BCUT2D eigenvalue weighted by Crippen LogP contribution is 2.26. The van der Waals surface area contributed by atoms with Crippen molar-refractivity contribution in [1.29, 1.82) is 0 Å². The first-order valence-corrected chi connectivity index (χ1v) is 10.2. The Labute approximate surface area is 170 Å². The molecule has 1 aromatic heterocycles. The zero-order chi connectivity index (χ0) is 20.3. The molecule has 1 N–H and O–H groups in total. The molecule has 1 amide bonds. The fourth-order valence-electron chi connectivity index (χ4n) is 3.06. The van der Waals surface area contributed by atoms with Crippen molar-refractivity contribution in [3.05, 3.63) is 70.3 Å². The molecule has 28 heavy (non-hydrogen) atoms. The van der Waals surface area contributed by atoms with Gasteiger partial charge in [-0.1, -0.05) is 35.5 Å². The van der Waals surface area contributed by atoms with Gasteiger partial charge < -0.3 is 5.32 Å². The monoisotopic (exact) mass is 391 g/mol. The molecule has 144 valence electrons. The second-order valence-corrected chi connectivity index (χ2v) is 8.16. The highest BCUT2D eigenvalue weighted by molar-refractivity contribution is 7.99. The molecule has 0 unspecified atom stereocenters. The summed E-state index contributed by atoms with van der Waals surface area (Å²) in [6.45, 7) is 10.3. The molecule has 2 aromatic carbocycles. The van der Waals surface area contributed by atoms with E-state index in [9.17, 15) is 4.79 Å². The number of benzene rings is 2. The van der Waals surface area contributed by atoms with E-state index in [1.807, 2.05) is 38.1 Å². The number of nitrogens with one attached hydrogen (secondary N) is 1. The molecule has 0 saturated carbocycles. The van der Waals surface area contributed by atoms with Crippen molar-refractivity contribution >= 4 is 23.4 Å². The number of carbonyl (C=O) groups excluding carboxylic acids is 1. The average molecular weight is 392 g/mol. The maximum Gasteiger partial charge on any atom is 0.234 e. The Morgan fingerprint density at radius 2 is 1.61 bits per heavy atom. The molecule has 0 atom stereocenters. The van der Waals surface area contributed by atoms with Gasteiger partial charge in [0.1, 0.15) is 5.03 Å². The molecule has 0 spiro atoms. The summed E-state index contributed by atoms with van der Waals surface area (Å²) in [5, 5.41) is 12.3. The van der Waals surface area contributed by atoms with E-state index >= 15 is 0 Å². The predicted octanol–water partition coefficient (Wildman–Crippen LogP) is 5.42. The normalized spacial score (nSPS) is 10.8. The smallest absolute Gasteiger partial charge is 0.234 e. The van der Waals surface area contributed by atoms with E-state index < -0.39 is 0 Å². The Bertz CT molecular complexity index is 1010. The van der Waals surface area contributed by atoms with Crippen molar-refractivity contribution in [2.75, 3.05) is 11.1 Å². The Balaban J connectivity index is 1.63. The Kier molecular flexibility index (Phi) is 6.15. The summed E-state index contributed by atoms with van der Waals surface area (Å²) in [5.41, 5.74) is 8.74. The van der Waals surface area contributed by atoms with E-state index in [0.717, 1.165) is 27.5 Å². The van der Waals surface area contributed by atoms with Crippen molar-refractivity contribution < 1.29 is 4.79 Å². The second-order valence-electron chi connectivity index (χ2n) is 7.16. The van der Waals surface area contributed by atoms with Crippen LogP contribution < -0.4 is 5.32 Å². The molecule has 0 fully saturated rings. The second kappa shape index (κ2) is 8.57. The highest BCUT2D eigenvalue weighted by atomic mass is 32.2. The number of anilines is 1. The third kappa shape index (κ3) is 4.78. The molecule has 4 nitrogen and oxygen atoms in total. The van der Waals surface area contributed by atoms with E-state index in [-0.39, 0.29) is 5.91 Å². The first-order chi connectivity index (χ1) is 13.3. The van der Waals surface area contributed by atoms with Gasteiger partial charge in [-0.05, 0) is 81.1 Å². The Hall–Kier alpha value is -2.66. The molecule has 5 heteroatoms. The summed E-state index contributed by atoms with van der Waals surface area (Å²) in [4.78, 5) is 12.2. The summed E-state index contributed by atoms with van der Waals surface area (Å²) in [6.07, 6.45) is 0. The van der Waals surface area contributed by atoms with Gasteiger partial charge in [0, 0.05) is 11.3 Å². The molecular formula is C23H25N3OS. The molecule has 0 bridgehead atoms. The van der Waals surface area contributed by atoms with Crippen LogP contribution in [-0.4, -0.2) is 21.9 Å². The van der Waals surface area contributed by atoms with Crippen molar-refractivity contribution in [1.82, 2.24) is 10.2 Å². The summed E-state index contributed by atoms with van der Waals surface area (Å²) >= 11 is 1.38. The number of thioether (sulfide) groups is 1. The molecule has 0 aliphatic carbocycles. The standard InChI is InChI=1S/C23H25N3OS/c1-14-6-7-20(18(5)10-14)24-22(27)13-28-23-9-8-21(25-26-23)19-12-16(3)15(2)11-17(19)4/h6-12H,13H2,1-5H3,(H,24,27). The minimum absolute atomic E-state index is 0.0483. The van der Waals surface area contributed by atoms with Crippen molar-refractivity contribution in [2.45, 2.75) is 39.6 Å². The fraction of sp³-hybridized carbons (Fsp3) is 0.261. The van der Waals surface area contributed by atoms with Crippen LogP contribution in [-0.2, 0) is 4.79 Å². The van der Waals surface area contributed by atoms with Crippen molar-refractivity contribution in [2.24, 2.45) is 0 Å². The molecule has 0 aliphatic rings. The lowest BCUT2D eigenvalue weighted by molar-refractivity contribution is -0.113. The molecule has 0 radical (unpaired) electrons. The van der Waals surface area contributed by atoms with Gasteiger partial charge in [0.05, 0.1) is 11.4 Å². The quantitative estimate of drug-likeness (QED) is 0.590. The van der Waals surface area contributed by atoms with E-state index in [1.54, 1.807) is 0 Å². The lowest BCUT2D eigenvalue weighted by Crippen LogP contribution is -2.15. The van der Waals surface area contributed by atoms with Crippen molar-refractivity contribution in [3.63, 3.8) is 0 Å². The fourth-order valence-corrected chi connectivity index (χ4v) is 3.67. The molecule has 0 aliphatic heterocycles. The van der Waals surface area contributed by atoms with Gasteiger partial charge in [0.15, 0.2) is 0 Å². The predicted molar refractivity (Wildman–Crippen MR) is 117 cm³/mol. The van der Waals surface area contributed by atoms with Crippen LogP contribution in [0, 0.1) is 34.6 Å². The van der Waals surface area contributed by atoms with Crippen LogP contribution in [0.1, 0.15) is 27.8 Å². The maximum atomic E-state index is 12.2. The Morgan fingerprint density at radius 1 is 0.857 bits per heavy atom. The van der Waals surface area contributed by atoms with Gasteiger partial charge in [0.2, 0.25) is 5.91 Å². The highest BCUT2D eigenvalue weighted by Gasteiger charge is 2.09. The van der Waals surface area contributed by atoms with Crippen molar-refractivity contribution in [3.8, 4) is 11.3 Å². The van der Waals surface area contributed by atoms with Crippen LogP contribution >= 0.6 is 11.8 Å². The summed E-state index contributed by atoms with van der Waals surface area (Å²) in [7, 11) is 0. The number of hydrogen-bond acceptors (Lipinski definition) is 4. The van der Waals surface area contributed by atoms with E-state index in [1.165, 1.54) is 34.0 Å². The van der Waals surface area contributed by atoms with Crippen LogP contribution in [0.3, 0.4) is 0 Å². The van der Waals surface area contributed by atoms with Crippen LogP contribution in [0.25, 0.3) is 11.3 Å². The molecule has 3 rings (SSSR count). The summed E-state index contributed by atoms with van der Waals surface area (Å²) in [6, 6.07) is 14.2. The lowest BCUT2D eigenvalue weighted by atomic mass is 9.99. The van der Waals surface area contributed by atoms with Gasteiger partial charge in [-0.2, -0.15) is 0 Å². The van der Waals surface area contributed by atoms with Gasteiger partial charge in [-0.25, -0.2) is 0 Å². The van der Waals surface area contributed by atoms with Crippen LogP contribution in [0.4, 0.5) is 5.69 Å². The van der Waals surface area contributed by atoms with Crippen LogP contribution in [0.5, 0.6) is 0 Å². The number of nitrogens with zero attached hydrogens (tertiary/aromatic N) is 2. The first-order valence-electron chi connectivity index (χ1n) is 9.25. The van der Waals surface area contributed by atoms with Gasteiger partial charge in [0.25, 0.3) is 0 Å². The van der Waals surface area contributed by atoms with Gasteiger partial charge >= 0.3 is 0 Å². The molecule has 1 heterocycles. The summed E-state index contributed by atoms with van der Waals surface area (Å²) < 4.78 is 0. The molecular weight excluding hydrogens is 366 g/mol. The molecule has 3 aromatic rings. The topological polar surface area (TPSA) is 54.9 Å². The number of hydrogen-bond donors (Lipinski definition) is 1.